The van der Waals surface area contributed by atoms with Crippen molar-refractivity contribution in [2.75, 3.05) is 0 Å². The number of carbonyl (C=O) groups excluding carboxylic acids is 2. The summed E-state index contributed by atoms with van der Waals surface area (Å²) in [6.45, 7) is 5.14. The van der Waals surface area contributed by atoms with Crippen LogP contribution < -0.4 is 16.0 Å². The van der Waals surface area contributed by atoms with E-state index in [1.807, 2.05) is 13.8 Å². The van der Waals surface area contributed by atoms with Gasteiger partial charge in [-0.2, -0.15) is 4.68 Å². The molecule has 0 spiro atoms. The van der Waals surface area contributed by atoms with Crippen LogP contribution in [0.4, 0.5) is 0 Å². The van der Waals surface area contributed by atoms with Crippen LogP contribution in [0.5, 0.6) is 0 Å². The fourth-order valence-electron chi connectivity index (χ4n) is 2.34. The number of nitrogens with one attached hydrogen (secondary N) is 1. The van der Waals surface area contributed by atoms with Crippen molar-refractivity contribution in [1.29, 1.82) is 0 Å². The van der Waals surface area contributed by atoms with Crippen LogP contribution in [-0.2, 0) is 9.59 Å². The number of hydrogen-bond donors (Lipinski definition) is 1. The largest absolute Gasteiger partial charge is 0.548 e. The molecule has 0 bridgehead atoms. The second-order valence-corrected chi connectivity index (χ2v) is 6.04. The van der Waals surface area contributed by atoms with Gasteiger partial charge < -0.3 is 15.2 Å². The first-order chi connectivity index (χ1) is 11.3. The Bertz CT molecular complexity index is 815. The number of aromatic nitrogens is 3. The number of rotatable bonds is 6. The predicted octanol–water partition coefficient (Wildman–Crippen LogP) is -0.367. The highest BCUT2D eigenvalue weighted by atomic mass is 16.4. The standard InChI is InChI=1S/C16H20N4O4/c1-9(2)8-13(16(23)24)17-14(21)10(3)20-15(22)11-6-4-5-7-12(11)18-19-20/h4-7,9-10,13H,8H2,1-3H3,(H,17,21)(H,23,24)/p-1/t10-,13-/m0/s1. The molecule has 0 aliphatic carbocycles. The minimum absolute atomic E-state index is 0.0617. The van der Waals surface area contributed by atoms with E-state index in [9.17, 15) is 19.5 Å². The number of carboxylic acid groups (broad SMARTS) is 1. The molecular weight excluding hydrogens is 312 g/mol. The molecule has 2 aromatic rings. The summed E-state index contributed by atoms with van der Waals surface area (Å²) in [5, 5.41) is 21.6. The molecule has 0 fully saturated rings. The van der Waals surface area contributed by atoms with Crippen molar-refractivity contribution < 1.29 is 14.7 Å². The van der Waals surface area contributed by atoms with Gasteiger partial charge in [-0.3, -0.25) is 9.59 Å². The maximum atomic E-state index is 12.4. The van der Waals surface area contributed by atoms with Crippen LogP contribution in [0.15, 0.2) is 29.1 Å². The number of fused-ring (bicyclic) bond motifs is 1. The SMILES string of the molecule is CC(C)C[C@H](NC(=O)[C@H](C)n1nnc2ccccc2c1=O)C(=O)[O-]. The van der Waals surface area contributed by atoms with Gasteiger partial charge in [0.25, 0.3) is 5.56 Å². The average Bonchev–Trinajstić information content (AvgIpc) is 2.53. The number of hydrogen-bond acceptors (Lipinski definition) is 6. The zero-order chi connectivity index (χ0) is 17.9. The Kier molecular flexibility index (Phi) is 5.28. The molecule has 8 nitrogen and oxygen atoms in total. The van der Waals surface area contributed by atoms with Gasteiger partial charge >= 0.3 is 0 Å². The highest BCUT2D eigenvalue weighted by molar-refractivity contribution is 5.85. The maximum absolute atomic E-state index is 12.4. The third-order valence-corrected chi connectivity index (χ3v) is 3.65. The third-order valence-electron chi connectivity index (χ3n) is 3.65. The van der Waals surface area contributed by atoms with Crippen molar-refractivity contribution in [3.05, 3.63) is 34.6 Å². The minimum Gasteiger partial charge on any atom is -0.548 e. The lowest BCUT2D eigenvalue weighted by atomic mass is 10.0. The molecule has 0 radical (unpaired) electrons. The van der Waals surface area contributed by atoms with Crippen LogP contribution in [0.25, 0.3) is 10.9 Å². The van der Waals surface area contributed by atoms with Gasteiger partial charge in [-0.1, -0.05) is 31.2 Å². The van der Waals surface area contributed by atoms with Gasteiger partial charge in [-0.05, 0) is 31.4 Å². The summed E-state index contributed by atoms with van der Waals surface area (Å²) >= 11 is 0. The van der Waals surface area contributed by atoms with Crippen molar-refractivity contribution in [2.24, 2.45) is 5.92 Å². The first-order valence-electron chi connectivity index (χ1n) is 7.66. The molecule has 2 rings (SSSR count). The van der Waals surface area contributed by atoms with E-state index in [0.717, 1.165) is 4.68 Å². The van der Waals surface area contributed by atoms with Crippen molar-refractivity contribution in [3.63, 3.8) is 0 Å². The monoisotopic (exact) mass is 331 g/mol. The molecule has 2 atom stereocenters. The summed E-state index contributed by atoms with van der Waals surface area (Å²) < 4.78 is 0.944. The van der Waals surface area contributed by atoms with Crippen LogP contribution in [0, 0.1) is 5.92 Å². The quantitative estimate of drug-likeness (QED) is 0.772. The molecule has 0 aliphatic heterocycles. The first kappa shape index (κ1) is 17.6. The zero-order valence-corrected chi connectivity index (χ0v) is 13.7. The fourth-order valence-corrected chi connectivity index (χ4v) is 2.34. The van der Waals surface area contributed by atoms with E-state index in [-0.39, 0.29) is 12.3 Å². The Balaban J connectivity index is 2.26. The lowest BCUT2D eigenvalue weighted by Crippen LogP contribution is -2.50. The second kappa shape index (κ2) is 7.20. The van der Waals surface area contributed by atoms with E-state index in [0.29, 0.717) is 10.9 Å². The van der Waals surface area contributed by atoms with Crippen molar-refractivity contribution in [2.45, 2.75) is 39.3 Å². The molecule has 1 heterocycles. The van der Waals surface area contributed by atoms with Crippen LogP contribution in [0.3, 0.4) is 0 Å². The summed E-state index contributed by atoms with van der Waals surface area (Å²) in [5.74, 6) is -1.93. The van der Waals surface area contributed by atoms with Crippen LogP contribution in [0.2, 0.25) is 0 Å². The first-order valence-corrected chi connectivity index (χ1v) is 7.66. The lowest BCUT2D eigenvalue weighted by molar-refractivity contribution is -0.308. The molecule has 0 saturated carbocycles. The zero-order valence-electron chi connectivity index (χ0n) is 13.7. The molecule has 24 heavy (non-hydrogen) atoms. The summed E-state index contributed by atoms with van der Waals surface area (Å²) in [5.41, 5.74) is -0.0316. The van der Waals surface area contributed by atoms with E-state index in [1.165, 1.54) is 6.92 Å². The number of benzene rings is 1. The molecule has 1 amide bonds. The summed E-state index contributed by atoms with van der Waals surface area (Å²) in [4.78, 5) is 35.9. The smallest absolute Gasteiger partial charge is 0.278 e. The van der Waals surface area contributed by atoms with Crippen LogP contribution in [-0.4, -0.2) is 32.9 Å². The number of aliphatic carboxylic acids is 1. The van der Waals surface area contributed by atoms with E-state index in [4.69, 9.17) is 0 Å². The Hall–Kier alpha value is -2.77. The Morgan fingerprint density at radius 2 is 1.92 bits per heavy atom. The normalized spacial score (nSPS) is 13.7. The van der Waals surface area contributed by atoms with E-state index < -0.39 is 29.5 Å². The lowest BCUT2D eigenvalue weighted by Gasteiger charge is -2.23. The van der Waals surface area contributed by atoms with Crippen LogP contribution >= 0.6 is 0 Å². The average molecular weight is 331 g/mol. The predicted molar refractivity (Wildman–Crippen MR) is 84.9 cm³/mol. The molecular formula is C16H19N4O4-. The van der Waals surface area contributed by atoms with Gasteiger partial charge in [-0.25, -0.2) is 0 Å². The maximum Gasteiger partial charge on any atom is 0.278 e. The van der Waals surface area contributed by atoms with Gasteiger partial charge in [0.1, 0.15) is 11.6 Å². The Morgan fingerprint density at radius 3 is 2.54 bits per heavy atom. The molecule has 8 heteroatoms. The molecule has 1 N–H and O–H groups in total. The van der Waals surface area contributed by atoms with Gasteiger partial charge in [0.15, 0.2) is 0 Å². The van der Waals surface area contributed by atoms with Gasteiger partial charge in [0, 0.05) is 0 Å². The molecule has 0 saturated heterocycles. The highest BCUT2D eigenvalue weighted by Crippen LogP contribution is 2.09. The number of carbonyl (C=O) groups is 2. The molecule has 1 aromatic carbocycles. The van der Waals surface area contributed by atoms with Gasteiger partial charge in [0.05, 0.1) is 17.4 Å². The summed E-state index contributed by atoms with van der Waals surface area (Å²) in [7, 11) is 0. The molecule has 0 aliphatic rings. The van der Waals surface area contributed by atoms with E-state index in [1.54, 1.807) is 24.3 Å². The Labute approximate surface area is 138 Å². The molecule has 0 unspecified atom stereocenters. The van der Waals surface area contributed by atoms with Crippen molar-refractivity contribution >= 4 is 22.8 Å². The van der Waals surface area contributed by atoms with Gasteiger partial charge in [-0.15, -0.1) is 5.10 Å². The van der Waals surface area contributed by atoms with E-state index >= 15 is 0 Å². The van der Waals surface area contributed by atoms with Crippen LogP contribution in [0.1, 0.15) is 33.2 Å². The number of carboxylic acids is 1. The number of amides is 1. The third kappa shape index (κ3) is 3.76. The minimum atomic E-state index is -1.36. The summed E-state index contributed by atoms with van der Waals surface area (Å²) in [6, 6.07) is 4.54. The second-order valence-electron chi connectivity index (χ2n) is 6.04. The highest BCUT2D eigenvalue weighted by Gasteiger charge is 2.23. The molecule has 1 aromatic heterocycles. The van der Waals surface area contributed by atoms with Crippen molar-refractivity contribution in [3.8, 4) is 0 Å². The topological polar surface area (TPSA) is 117 Å². The fraction of sp³-hybridized carbons (Fsp3) is 0.438. The Morgan fingerprint density at radius 1 is 1.25 bits per heavy atom. The number of nitrogens with zero attached hydrogens (tertiary/aromatic N) is 3. The van der Waals surface area contributed by atoms with E-state index in [2.05, 4.69) is 15.6 Å². The summed E-state index contributed by atoms with van der Waals surface area (Å²) in [6.07, 6.45) is 0.235. The molecule has 128 valence electrons. The van der Waals surface area contributed by atoms with Crippen molar-refractivity contribution in [1.82, 2.24) is 20.3 Å². The van der Waals surface area contributed by atoms with Gasteiger partial charge in [0.2, 0.25) is 5.91 Å².